The fourth-order valence-electron chi connectivity index (χ4n) is 3.44. The Balaban J connectivity index is 1.56. The highest BCUT2D eigenvalue weighted by Crippen LogP contribution is 2.33. The molecular weight excluding hydrogens is 310 g/mol. The molecule has 1 aromatic heterocycles. The number of imidazole rings is 1. The zero-order chi connectivity index (χ0) is 16.9. The zero-order valence-electron chi connectivity index (χ0n) is 14.3. The Morgan fingerprint density at radius 1 is 1.04 bits per heavy atom. The number of ether oxygens (including phenoxy) is 1. The van der Waals surface area contributed by atoms with Crippen molar-refractivity contribution in [3.63, 3.8) is 0 Å². The Hall–Kier alpha value is -2.59. The van der Waals surface area contributed by atoms with E-state index in [1.165, 1.54) is 11.3 Å². The second kappa shape index (κ2) is 7.53. The van der Waals surface area contributed by atoms with E-state index >= 15 is 0 Å². The van der Waals surface area contributed by atoms with Crippen LogP contribution in [0.25, 0.3) is 11.3 Å². The second-order valence-electron chi connectivity index (χ2n) is 6.39. The van der Waals surface area contributed by atoms with E-state index in [1.54, 1.807) is 0 Å². The van der Waals surface area contributed by atoms with E-state index in [-0.39, 0.29) is 0 Å². The summed E-state index contributed by atoms with van der Waals surface area (Å²) < 4.78 is 7.93. The van der Waals surface area contributed by atoms with Crippen molar-refractivity contribution in [1.82, 2.24) is 9.55 Å². The minimum absolute atomic E-state index is 0.425. The number of hydrogen-bond donors (Lipinski definition) is 1. The maximum Gasteiger partial charge on any atom is 0.0956 e. The molecule has 1 fully saturated rings. The van der Waals surface area contributed by atoms with E-state index in [2.05, 4.69) is 46.3 Å². The molecule has 128 valence electrons. The Bertz CT molecular complexity index is 793. The van der Waals surface area contributed by atoms with Crippen LogP contribution in [0.15, 0.2) is 67.0 Å². The summed E-state index contributed by atoms with van der Waals surface area (Å²) in [5.74, 6) is 0.425. The lowest BCUT2D eigenvalue weighted by Crippen LogP contribution is -2.14. The summed E-state index contributed by atoms with van der Waals surface area (Å²) in [7, 11) is 0. The molecule has 4 nitrogen and oxygen atoms in total. The normalized spacial score (nSPS) is 16.9. The first-order valence-electron chi connectivity index (χ1n) is 8.89. The van der Waals surface area contributed by atoms with Crippen LogP contribution in [0.3, 0.4) is 0 Å². The summed E-state index contributed by atoms with van der Waals surface area (Å²) in [6.07, 6.45) is 3.04. The molecule has 0 aliphatic carbocycles. The molecule has 0 bridgehead atoms. The molecule has 1 atom stereocenters. The SMILES string of the molecule is c1ccc(NCCn2cnc(-c3ccccc3)c2C2CCOC2)cc1. The lowest BCUT2D eigenvalue weighted by Gasteiger charge is -2.15. The van der Waals surface area contributed by atoms with Crippen LogP contribution in [0.1, 0.15) is 18.0 Å². The average molecular weight is 333 g/mol. The number of rotatable bonds is 6. The van der Waals surface area contributed by atoms with Crippen molar-refractivity contribution >= 4 is 5.69 Å². The van der Waals surface area contributed by atoms with Gasteiger partial charge in [0.05, 0.1) is 24.3 Å². The molecule has 2 heterocycles. The molecule has 1 aliphatic rings. The van der Waals surface area contributed by atoms with Gasteiger partial charge >= 0.3 is 0 Å². The molecule has 3 aromatic rings. The van der Waals surface area contributed by atoms with Crippen LogP contribution in [0.5, 0.6) is 0 Å². The Kier molecular flexibility index (Phi) is 4.79. The van der Waals surface area contributed by atoms with E-state index in [1.807, 2.05) is 30.6 Å². The summed E-state index contributed by atoms with van der Waals surface area (Å²) in [4.78, 5) is 4.74. The van der Waals surface area contributed by atoms with Crippen LogP contribution in [-0.2, 0) is 11.3 Å². The van der Waals surface area contributed by atoms with Gasteiger partial charge in [0.15, 0.2) is 0 Å². The van der Waals surface area contributed by atoms with Crippen molar-refractivity contribution in [3.8, 4) is 11.3 Å². The topological polar surface area (TPSA) is 39.1 Å². The lowest BCUT2D eigenvalue weighted by molar-refractivity contribution is 0.193. The van der Waals surface area contributed by atoms with Gasteiger partial charge < -0.3 is 14.6 Å². The van der Waals surface area contributed by atoms with Crippen molar-refractivity contribution < 1.29 is 4.74 Å². The summed E-state index contributed by atoms with van der Waals surface area (Å²) >= 11 is 0. The maximum absolute atomic E-state index is 5.64. The number of nitrogens with one attached hydrogen (secondary N) is 1. The van der Waals surface area contributed by atoms with Gasteiger partial charge in [0.1, 0.15) is 0 Å². The highest BCUT2D eigenvalue weighted by atomic mass is 16.5. The molecule has 0 spiro atoms. The number of nitrogens with zero attached hydrogens (tertiary/aromatic N) is 2. The third-order valence-electron chi connectivity index (χ3n) is 4.70. The van der Waals surface area contributed by atoms with E-state index in [9.17, 15) is 0 Å². The zero-order valence-corrected chi connectivity index (χ0v) is 14.3. The van der Waals surface area contributed by atoms with Crippen LogP contribution < -0.4 is 5.32 Å². The van der Waals surface area contributed by atoms with E-state index in [4.69, 9.17) is 9.72 Å². The smallest absolute Gasteiger partial charge is 0.0956 e. The summed E-state index contributed by atoms with van der Waals surface area (Å²) in [5.41, 5.74) is 4.73. The molecule has 0 radical (unpaired) electrons. The predicted molar refractivity (Wildman–Crippen MR) is 101 cm³/mol. The van der Waals surface area contributed by atoms with Crippen LogP contribution in [0, 0.1) is 0 Å². The van der Waals surface area contributed by atoms with Gasteiger partial charge in [0.25, 0.3) is 0 Å². The van der Waals surface area contributed by atoms with Crippen molar-refractivity contribution in [3.05, 3.63) is 72.7 Å². The fourth-order valence-corrected chi connectivity index (χ4v) is 3.44. The quantitative estimate of drug-likeness (QED) is 0.736. The minimum Gasteiger partial charge on any atom is -0.383 e. The van der Waals surface area contributed by atoms with Gasteiger partial charge in [-0.25, -0.2) is 4.98 Å². The maximum atomic E-state index is 5.64. The number of para-hydroxylation sites is 1. The van der Waals surface area contributed by atoms with Gasteiger partial charge in [-0.15, -0.1) is 0 Å². The van der Waals surface area contributed by atoms with Gasteiger partial charge in [-0.3, -0.25) is 0 Å². The molecule has 4 heteroatoms. The van der Waals surface area contributed by atoms with Gasteiger partial charge in [-0.05, 0) is 18.6 Å². The van der Waals surface area contributed by atoms with Gasteiger partial charge in [0, 0.05) is 36.9 Å². The number of hydrogen-bond acceptors (Lipinski definition) is 3. The molecule has 1 saturated heterocycles. The predicted octanol–water partition coefficient (Wildman–Crippen LogP) is 4.17. The standard InChI is InChI=1S/C21H23N3O/c1-3-7-17(8-4-1)20-21(18-11-14-25-15-18)24(16-23-20)13-12-22-19-9-5-2-6-10-19/h1-10,16,18,22H,11-15H2. The Labute approximate surface area is 148 Å². The molecule has 4 rings (SSSR count). The number of anilines is 1. The second-order valence-corrected chi connectivity index (χ2v) is 6.39. The third-order valence-corrected chi connectivity index (χ3v) is 4.70. The van der Waals surface area contributed by atoms with E-state index in [0.717, 1.165) is 44.1 Å². The molecule has 25 heavy (non-hydrogen) atoms. The Morgan fingerprint density at radius 3 is 2.52 bits per heavy atom. The molecule has 2 aromatic carbocycles. The Morgan fingerprint density at radius 2 is 1.80 bits per heavy atom. The minimum atomic E-state index is 0.425. The summed E-state index contributed by atoms with van der Waals surface area (Å²) in [5, 5.41) is 3.48. The number of aromatic nitrogens is 2. The van der Waals surface area contributed by atoms with E-state index < -0.39 is 0 Å². The van der Waals surface area contributed by atoms with Crippen molar-refractivity contribution in [2.45, 2.75) is 18.9 Å². The van der Waals surface area contributed by atoms with Gasteiger partial charge in [0.2, 0.25) is 0 Å². The first-order chi connectivity index (χ1) is 12.4. The molecule has 1 aliphatic heterocycles. The first kappa shape index (κ1) is 15.9. The molecule has 0 saturated carbocycles. The van der Waals surface area contributed by atoms with Gasteiger partial charge in [-0.1, -0.05) is 48.5 Å². The monoisotopic (exact) mass is 333 g/mol. The summed E-state index contributed by atoms with van der Waals surface area (Å²) in [6.45, 7) is 3.39. The van der Waals surface area contributed by atoms with Crippen LogP contribution in [0.2, 0.25) is 0 Å². The van der Waals surface area contributed by atoms with Crippen LogP contribution in [0.4, 0.5) is 5.69 Å². The van der Waals surface area contributed by atoms with Gasteiger partial charge in [-0.2, -0.15) is 0 Å². The van der Waals surface area contributed by atoms with Crippen molar-refractivity contribution in [1.29, 1.82) is 0 Å². The van der Waals surface area contributed by atoms with Crippen LogP contribution in [-0.4, -0.2) is 29.3 Å². The molecule has 0 amide bonds. The first-order valence-corrected chi connectivity index (χ1v) is 8.89. The highest BCUT2D eigenvalue weighted by molar-refractivity contribution is 5.62. The van der Waals surface area contributed by atoms with Crippen LogP contribution >= 0.6 is 0 Å². The fraction of sp³-hybridized carbons (Fsp3) is 0.286. The summed E-state index contributed by atoms with van der Waals surface area (Å²) in [6, 6.07) is 20.8. The molecular formula is C21H23N3O. The van der Waals surface area contributed by atoms with E-state index in [0.29, 0.717) is 5.92 Å². The van der Waals surface area contributed by atoms with Crippen molar-refractivity contribution in [2.24, 2.45) is 0 Å². The average Bonchev–Trinajstić information content (AvgIpc) is 3.33. The molecule has 1 N–H and O–H groups in total. The number of benzene rings is 2. The third kappa shape index (κ3) is 3.59. The lowest BCUT2D eigenvalue weighted by atomic mass is 9.99. The molecule has 1 unspecified atom stereocenters. The highest BCUT2D eigenvalue weighted by Gasteiger charge is 2.25. The largest absolute Gasteiger partial charge is 0.383 e. The van der Waals surface area contributed by atoms with Crippen molar-refractivity contribution in [2.75, 3.05) is 25.1 Å².